The fraction of sp³-hybridized carbons (Fsp3) is 0.125. The molecule has 0 saturated heterocycles. The number of rotatable bonds is 3. The van der Waals surface area contributed by atoms with Gasteiger partial charge in [-0.15, -0.1) is 0 Å². The fourth-order valence-electron chi connectivity index (χ4n) is 1.61. The number of nitrogens with one attached hydrogen (secondary N) is 1. The molecule has 5 heteroatoms. The Morgan fingerprint density at radius 2 is 2.24 bits per heavy atom. The lowest BCUT2D eigenvalue weighted by molar-refractivity contribution is 0.102. The summed E-state index contributed by atoms with van der Waals surface area (Å²) >= 11 is 6.10. The average Bonchev–Trinajstić information content (AvgIpc) is 2.50. The zero-order valence-corrected chi connectivity index (χ0v) is 11.9. The maximum absolute atomic E-state index is 12.1. The van der Waals surface area contributed by atoms with Crippen molar-refractivity contribution in [1.29, 1.82) is 0 Å². The molecule has 0 fully saturated rings. The van der Waals surface area contributed by atoms with Gasteiger partial charge in [0.15, 0.2) is 0 Å². The summed E-state index contributed by atoms with van der Waals surface area (Å²) in [5.41, 5.74) is 1.69. The monoisotopic (exact) mass is 300 g/mol. The van der Waals surface area contributed by atoms with Crippen LogP contribution in [0.1, 0.15) is 22.3 Å². The van der Waals surface area contributed by atoms with Crippen molar-refractivity contribution in [3.05, 3.63) is 58.9 Å². The molecule has 4 nitrogen and oxygen atoms in total. The van der Waals surface area contributed by atoms with E-state index in [0.29, 0.717) is 28.3 Å². The minimum atomic E-state index is -0.264. The van der Waals surface area contributed by atoms with Gasteiger partial charge in [0.05, 0.1) is 23.5 Å². The lowest BCUT2D eigenvalue weighted by Crippen LogP contribution is -2.12. The Labute approximate surface area is 127 Å². The molecule has 1 aromatic carbocycles. The van der Waals surface area contributed by atoms with Crippen LogP contribution in [0.2, 0.25) is 5.02 Å². The number of nitrogens with zero attached hydrogens (tertiary/aromatic N) is 1. The van der Waals surface area contributed by atoms with Crippen molar-refractivity contribution < 1.29 is 9.90 Å². The molecule has 0 bridgehead atoms. The molecule has 0 aliphatic carbocycles. The second-order valence-corrected chi connectivity index (χ2v) is 4.57. The van der Waals surface area contributed by atoms with Crippen LogP contribution in [0.15, 0.2) is 42.7 Å². The summed E-state index contributed by atoms with van der Waals surface area (Å²) in [6.45, 7) is 0.0101. The van der Waals surface area contributed by atoms with Crippen LogP contribution >= 0.6 is 11.6 Å². The zero-order chi connectivity index (χ0) is 15.1. The Morgan fingerprint density at radius 3 is 2.90 bits per heavy atom. The van der Waals surface area contributed by atoms with Gasteiger partial charge in [0.25, 0.3) is 5.91 Å². The van der Waals surface area contributed by atoms with Crippen molar-refractivity contribution in [3.63, 3.8) is 0 Å². The van der Waals surface area contributed by atoms with Gasteiger partial charge in [-0.2, -0.15) is 0 Å². The van der Waals surface area contributed by atoms with Gasteiger partial charge in [-0.25, -0.2) is 0 Å². The molecular formula is C16H13ClN2O2. The summed E-state index contributed by atoms with van der Waals surface area (Å²) in [7, 11) is 0. The van der Waals surface area contributed by atoms with Crippen LogP contribution < -0.4 is 5.32 Å². The number of hydrogen-bond acceptors (Lipinski definition) is 3. The number of aliphatic hydroxyl groups is 1. The topological polar surface area (TPSA) is 62.2 Å². The molecule has 0 spiro atoms. The summed E-state index contributed by atoms with van der Waals surface area (Å²) in [5, 5.41) is 11.8. The lowest BCUT2D eigenvalue weighted by atomic mass is 10.1. The predicted molar refractivity (Wildman–Crippen MR) is 82.2 cm³/mol. The summed E-state index contributed by atoms with van der Waals surface area (Å²) in [6.07, 6.45) is 3.58. The Kier molecular flexibility index (Phi) is 5.33. The van der Waals surface area contributed by atoms with E-state index in [1.807, 2.05) is 0 Å². The highest BCUT2D eigenvalue weighted by Crippen LogP contribution is 2.18. The standard InChI is InChI=1S/C16H13ClN2O2/c17-15-10-13(7-6-12(15)4-1-2-9-20)16(21)19-14-5-3-8-18-11-14/h3,5-8,10-11,20H,2,9H2,(H,19,21). The van der Waals surface area contributed by atoms with Crippen LogP contribution in [0.25, 0.3) is 0 Å². The molecule has 1 amide bonds. The molecule has 0 aliphatic rings. The first kappa shape index (κ1) is 15.0. The average molecular weight is 301 g/mol. The number of amides is 1. The molecule has 1 heterocycles. The quantitative estimate of drug-likeness (QED) is 0.857. The van der Waals surface area contributed by atoms with Crippen LogP contribution in [0.3, 0.4) is 0 Å². The summed E-state index contributed by atoms with van der Waals surface area (Å²) in [6, 6.07) is 8.39. The summed E-state index contributed by atoms with van der Waals surface area (Å²) in [4.78, 5) is 16.0. The first-order valence-electron chi connectivity index (χ1n) is 6.31. The number of carbonyl (C=O) groups is 1. The molecule has 0 aliphatic heterocycles. The smallest absolute Gasteiger partial charge is 0.255 e. The molecule has 1 aromatic heterocycles. The van der Waals surface area contributed by atoms with Gasteiger partial charge >= 0.3 is 0 Å². The number of pyridine rings is 1. The maximum atomic E-state index is 12.1. The van der Waals surface area contributed by atoms with Gasteiger partial charge < -0.3 is 10.4 Å². The number of halogens is 1. The Morgan fingerprint density at radius 1 is 1.38 bits per heavy atom. The van der Waals surface area contributed by atoms with Crippen molar-refractivity contribution in [1.82, 2.24) is 4.98 Å². The van der Waals surface area contributed by atoms with Crippen molar-refractivity contribution in [3.8, 4) is 11.8 Å². The fourth-order valence-corrected chi connectivity index (χ4v) is 1.84. The number of aromatic nitrogens is 1. The molecule has 0 radical (unpaired) electrons. The van der Waals surface area contributed by atoms with Crippen molar-refractivity contribution >= 4 is 23.2 Å². The Hall–Kier alpha value is -2.35. The van der Waals surface area contributed by atoms with Crippen LogP contribution in [0.5, 0.6) is 0 Å². The second-order valence-electron chi connectivity index (χ2n) is 4.17. The van der Waals surface area contributed by atoms with E-state index in [-0.39, 0.29) is 12.5 Å². The molecule has 0 saturated carbocycles. The Balaban J connectivity index is 2.13. The maximum Gasteiger partial charge on any atom is 0.255 e. The van der Waals surface area contributed by atoms with E-state index >= 15 is 0 Å². The van der Waals surface area contributed by atoms with E-state index in [0.717, 1.165) is 0 Å². The van der Waals surface area contributed by atoms with E-state index in [1.54, 1.807) is 42.7 Å². The number of carbonyl (C=O) groups excluding carboxylic acids is 1. The minimum Gasteiger partial charge on any atom is -0.395 e. The van der Waals surface area contributed by atoms with Gasteiger partial charge in [0.1, 0.15) is 0 Å². The highest BCUT2D eigenvalue weighted by Gasteiger charge is 2.08. The molecule has 106 valence electrons. The van der Waals surface area contributed by atoms with Gasteiger partial charge in [0, 0.05) is 23.7 Å². The van der Waals surface area contributed by atoms with E-state index in [9.17, 15) is 4.79 Å². The van der Waals surface area contributed by atoms with Gasteiger partial charge in [-0.05, 0) is 30.3 Å². The van der Waals surface area contributed by atoms with Crippen molar-refractivity contribution in [2.45, 2.75) is 6.42 Å². The molecule has 21 heavy (non-hydrogen) atoms. The van der Waals surface area contributed by atoms with Gasteiger partial charge in [0.2, 0.25) is 0 Å². The third kappa shape index (κ3) is 4.32. The molecular weight excluding hydrogens is 288 g/mol. The number of aliphatic hydroxyl groups excluding tert-OH is 1. The van der Waals surface area contributed by atoms with E-state index in [4.69, 9.17) is 16.7 Å². The predicted octanol–water partition coefficient (Wildman–Crippen LogP) is 2.72. The zero-order valence-electron chi connectivity index (χ0n) is 11.1. The highest BCUT2D eigenvalue weighted by molar-refractivity contribution is 6.32. The minimum absolute atomic E-state index is 0.0101. The number of anilines is 1. The number of benzene rings is 1. The third-order valence-corrected chi connectivity index (χ3v) is 2.92. The molecule has 0 unspecified atom stereocenters. The van der Waals surface area contributed by atoms with E-state index < -0.39 is 0 Å². The van der Waals surface area contributed by atoms with Crippen LogP contribution in [-0.2, 0) is 0 Å². The first-order chi connectivity index (χ1) is 10.2. The SMILES string of the molecule is O=C(Nc1cccnc1)c1ccc(C#CCCO)c(Cl)c1. The number of hydrogen-bond donors (Lipinski definition) is 2. The normalized spacial score (nSPS) is 9.62. The summed E-state index contributed by atoms with van der Waals surface area (Å²) in [5.74, 6) is 5.37. The van der Waals surface area contributed by atoms with E-state index in [1.165, 1.54) is 0 Å². The van der Waals surface area contributed by atoms with Crippen LogP contribution in [0, 0.1) is 11.8 Å². The van der Waals surface area contributed by atoms with Crippen LogP contribution in [0.4, 0.5) is 5.69 Å². The van der Waals surface area contributed by atoms with Gasteiger partial charge in [-0.3, -0.25) is 9.78 Å². The van der Waals surface area contributed by atoms with Crippen molar-refractivity contribution in [2.75, 3.05) is 11.9 Å². The van der Waals surface area contributed by atoms with Crippen molar-refractivity contribution in [2.24, 2.45) is 0 Å². The highest BCUT2D eigenvalue weighted by atomic mass is 35.5. The summed E-state index contributed by atoms with van der Waals surface area (Å²) < 4.78 is 0. The first-order valence-corrected chi connectivity index (χ1v) is 6.69. The molecule has 0 atom stereocenters. The van der Waals surface area contributed by atoms with Crippen LogP contribution in [-0.4, -0.2) is 22.6 Å². The largest absolute Gasteiger partial charge is 0.395 e. The Bertz CT molecular complexity index is 690. The lowest BCUT2D eigenvalue weighted by Gasteiger charge is -2.05. The van der Waals surface area contributed by atoms with E-state index in [2.05, 4.69) is 22.1 Å². The molecule has 2 rings (SSSR count). The molecule has 2 aromatic rings. The molecule has 2 N–H and O–H groups in total. The van der Waals surface area contributed by atoms with Gasteiger partial charge in [-0.1, -0.05) is 23.4 Å². The second kappa shape index (κ2) is 7.44. The third-order valence-electron chi connectivity index (χ3n) is 2.61.